The summed E-state index contributed by atoms with van der Waals surface area (Å²) >= 11 is 0. The van der Waals surface area contributed by atoms with Crippen LogP contribution in [0.25, 0.3) is 0 Å². The Balaban J connectivity index is 1.54. The van der Waals surface area contributed by atoms with E-state index in [-0.39, 0.29) is 5.91 Å². The fraction of sp³-hybridized carbons (Fsp3) is 0.214. The number of aryl methyl sites for hydroxylation is 1. The van der Waals surface area contributed by atoms with Gasteiger partial charge in [-0.15, -0.1) is 0 Å². The lowest BCUT2D eigenvalue weighted by Gasteiger charge is -2.19. The highest BCUT2D eigenvalue weighted by Gasteiger charge is 2.25. The van der Waals surface area contributed by atoms with E-state index in [1.165, 1.54) is 6.92 Å². The predicted octanol–water partition coefficient (Wildman–Crippen LogP) is 2.09. The summed E-state index contributed by atoms with van der Waals surface area (Å²) in [6.07, 6.45) is 1.48. The van der Waals surface area contributed by atoms with E-state index in [2.05, 4.69) is 27.5 Å². The number of aromatic nitrogens is 1. The van der Waals surface area contributed by atoms with Crippen molar-refractivity contribution < 1.29 is 24.6 Å². The molecule has 3 rings (SSSR count). The second kappa shape index (κ2) is 13.0. The summed E-state index contributed by atoms with van der Waals surface area (Å²) < 4.78 is 0. The van der Waals surface area contributed by atoms with E-state index in [9.17, 15) is 19.5 Å². The first-order chi connectivity index (χ1) is 17.4. The normalized spacial score (nSPS) is 12.0. The van der Waals surface area contributed by atoms with E-state index < -0.39 is 30.4 Å². The summed E-state index contributed by atoms with van der Waals surface area (Å²) in [5, 5.41) is 24.0. The predicted molar refractivity (Wildman–Crippen MR) is 135 cm³/mol. The number of aliphatic hydroxyl groups excluding tert-OH is 2. The maximum Gasteiger partial charge on any atom is 0.251 e. The van der Waals surface area contributed by atoms with Gasteiger partial charge in [0, 0.05) is 40.7 Å². The largest absolute Gasteiger partial charge is 0.391 e. The monoisotopic (exact) mass is 485 g/mol. The molecule has 0 saturated carbocycles. The lowest BCUT2D eigenvalue weighted by Crippen LogP contribution is -2.48. The molecule has 184 valence electrons. The highest BCUT2D eigenvalue weighted by molar-refractivity contribution is 5.98. The lowest BCUT2D eigenvalue weighted by atomic mass is 10.1. The summed E-state index contributed by atoms with van der Waals surface area (Å²) in [6.45, 7) is 0.588. The van der Waals surface area contributed by atoms with Crippen molar-refractivity contribution in [3.05, 3.63) is 95.3 Å². The molecule has 8 heteroatoms. The van der Waals surface area contributed by atoms with Crippen LogP contribution < -0.4 is 10.6 Å². The minimum atomic E-state index is -1.18. The van der Waals surface area contributed by atoms with Gasteiger partial charge in [-0.05, 0) is 74.0 Å². The van der Waals surface area contributed by atoms with Crippen molar-refractivity contribution in [1.82, 2.24) is 10.3 Å². The Morgan fingerprint density at radius 2 is 1.58 bits per heavy atom. The quantitative estimate of drug-likeness (QED) is 0.344. The summed E-state index contributed by atoms with van der Waals surface area (Å²) in [5.41, 5.74) is 3.27. The van der Waals surface area contributed by atoms with Crippen LogP contribution in [0.1, 0.15) is 40.5 Å². The molecule has 0 aliphatic heterocycles. The zero-order valence-corrected chi connectivity index (χ0v) is 19.8. The third-order valence-electron chi connectivity index (χ3n) is 5.27. The van der Waals surface area contributed by atoms with Gasteiger partial charge in [0.25, 0.3) is 5.91 Å². The molecule has 3 aromatic rings. The van der Waals surface area contributed by atoms with Crippen molar-refractivity contribution in [2.45, 2.75) is 31.9 Å². The van der Waals surface area contributed by atoms with Gasteiger partial charge in [-0.3, -0.25) is 19.4 Å². The number of hydrogen-bond acceptors (Lipinski definition) is 6. The maximum absolute atomic E-state index is 12.4. The minimum Gasteiger partial charge on any atom is -0.391 e. The number of nitrogens with one attached hydrogen (secondary N) is 2. The Kier molecular flexibility index (Phi) is 9.46. The summed E-state index contributed by atoms with van der Waals surface area (Å²) in [5.74, 6) is 4.73. The third-order valence-corrected chi connectivity index (χ3v) is 5.27. The van der Waals surface area contributed by atoms with Gasteiger partial charge in [0.15, 0.2) is 5.78 Å². The van der Waals surface area contributed by atoms with Gasteiger partial charge in [0.05, 0.1) is 6.10 Å². The summed E-state index contributed by atoms with van der Waals surface area (Å²) in [6, 6.07) is 18.1. The van der Waals surface area contributed by atoms with E-state index in [0.717, 1.165) is 11.3 Å². The first-order valence-corrected chi connectivity index (χ1v) is 11.4. The van der Waals surface area contributed by atoms with Crippen LogP contribution in [-0.4, -0.2) is 51.5 Å². The number of aliphatic hydroxyl groups is 2. The smallest absolute Gasteiger partial charge is 0.251 e. The zero-order valence-electron chi connectivity index (χ0n) is 19.8. The van der Waals surface area contributed by atoms with Crippen molar-refractivity contribution in [1.29, 1.82) is 0 Å². The van der Waals surface area contributed by atoms with E-state index >= 15 is 0 Å². The zero-order chi connectivity index (χ0) is 25.9. The topological polar surface area (TPSA) is 129 Å². The van der Waals surface area contributed by atoms with Gasteiger partial charge in [-0.2, -0.15) is 0 Å². The number of anilines is 1. The number of benzene rings is 2. The number of ketones is 1. The molecule has 0 spiro atoms. The Morgan fingerprint density at radius 3 is 2.14 bits per heavy atom. The molecule has 36 heavy (non-hydrogen) atoms. The van der Waals surface area contributed by atoms with Gasteiger partial charge in [0.2, 0.25) is 5.91 Å². The number of Topliss-reactive ketones (excluding diaryl/α,β-unsaturated/α-hetero) is 1. The molecular formula is C28H27N3O5. The molecule has 0 unspecified atom stereocenters. The second-order valence-corrected chi connectivity index (χ2v) is 8.09. The molecule has 2 atom stereocenters. The number of amides is 2. The summed E-state index contributed by atoms with van der Waals surface area (Å²) in [7, 11) is 0. The van der Waals surface area contributed by atoms with Crippen LogP contribution in [0.4, 0.5) is 5.69 Å². The molecule has 1 heterocycles. The molecular weight excluding hydrogens is 458 g/mol. The number of pyridine rings is 1. The van der Waals surface area contributed by atoms with Crippen LogP contribution in [0, 0.1) is 11.8 Å². The van der Waals surface area contributed by atoms with Gasteiger partial charge in [-0.25, -0.2) is 0 Å². The Bertz CT molecular complexity index is 1240. The first-order valence-electron chi connectivity index (χ1n) is 11.4. The fourth-order valence-electron chi connectivity index (χ4n) is 3.29. The van der Waals surface area contributed by atoms with Gasteiger partial charge < -0.3 is 20.8 Å². The second-order valence-electron chi connectivity index (χ2n) is 8.09. The van der Waals surface area contributed by atoms with E-state index in [4.69, 9.17) is 5.11 Å². The van der Waals surface area contributed by atoms with Crippen LogP contribution in [-0.2, 0) is 16.0 Å². The molecule has 0 fully saturated rings. The lowest BCUT2D eigenvalue weighted by molar-refractivity contribution is -0.126. The van der Waals surface area contributed by atoms with Crippen LogP contribution in [0.5, 0.6) is 0 Å². The van der Waals surface area contributed by atoms with E-state index in [0.29, 0.717) is 29.7 Å². The van der Waals surface area contributed by atoms with Crippen molar-refractivity contribution in [3.8, 4) is 11.8 Å². The number of carbonyl (C=O) groups excluding carboxylic acids is 3. The highest BCUT2D eigenvalue weighted by Crippen LogP contribution is 2.11. The van der Waals surface area contributed by atoms with Crippen LogP contribution in [0.15, 0.2) is 72.9 Å². The summed E-state index contributed by atoms with van der Waals surface area (Å²) in [4.78, 5) is 40.4. The molecule has 0 aliphatic rings. The number of nitrogens with zero attached hydrogens (tertiary/aromatic N) is 1. The highest BCUT2D eigenvalue weighted by atomic mass is 16.3. The fourth-order valence-corrected chi connectivity index (χ4v) is 3.29. The van der Waals surface area contributed by atoms with E-state index in [1.54, 1.807) is 54.7 Å². The molecule has 0 aliphatic carbocycles. The molecule has 2 aromatic carbocycles. The number of rotatable bonds is 9. The van der Waals surface area contributed by atoms with Crippen LogP contribution >= 0.6 is 0 Å². The van der Waals surface area contributed by atoms with Crippen molar-refractivity contribution in [2.24, 2.45) is 0 Å². The van der Waals surface area contributed by atoms with Gasteiger partial charge in [0.1, 0.15) is 12.6 Å². The van der Waals surface area contributed by atoms with Crippen molar-refractivity contribution in [3.63, 3.8) is 0 Å². The first kappa shape index (κ1) is 26.3. The van der Waals surface area contributed by atoms with Gasteiger partial charge >= 0.3 is 0 Å². The van der Waals surface area contributed by atoms with Crippen LogP contribution in [0.2, 0.25) is 0 Å². The molecule has 0 bridgehead atoms. The van der Waals surface area contributed by atoms with Gasteiger partial charge in [-0.1, -0.05) is 17.9 Å². The number of carbonyl (C=O) groups is 3. The third kappa shape index (κ3) is 7.87. The molecule has 0 saturated heterocycles. The van der Waals surface area contributed by atoms with Crippen LogP contribution in [0.3, 0.4) is 0 Å². The Hall–Kier alpha value is -4.32. The van der Waals surface area contributed by atoms with E-state index in [1.807, 2.05) is 18.2 Å². The Morgan fingerprint density at radius 1 is 0.944 bits per heavy atom. The molecule has 2 amide bonds. The van der Waals surface area contributed by atoms with Crippen molar-refractivity contribution in [2.75, 3.05) is 11.9 Å². The average Bonchev–Trinajstić information content (AvgIpc) is 2.90. The minimum absolute atomic E-state index is 0.0934. The maximum atomic E-state index is 12.4. The standard InChI is InChI=1S/C28H27N3O5/c1-19(33)27(25(34)18-32)31-28(36)22-11-7-20(8-12-22)5-6-21-9-13-24(14-10-21)30-26(35)16-15-23-4-2-3-17-29-23/h2-4,7-14,17,19,27,32-33H,15-16,18H2,1H3,(H,30,35)(H,31,36)/t19-,27+/m1/s1. The SMILES string of the molecule is C[C@@H](O)[C@H](NC(=O)c1ccc(C#Cc2ccc(NC(=O)CCc3ccccn3)cc2)cc1)C(=O)CO. The number of hydrogen-bond donors (Lipinski definition) is 4. The van der Waals surface area contributed by atoms with Crippen molar-refractivity contribution >= 4 is 23.3 Å². The molecule has 0 radical (unpaired) electrons. The molecule has 1 aromatic heterocycles. The molecule has 8 nitrogen and oxygen atoms in total. The molecule has 4 N–H and O–H groups in total. The Labute approximate surface area is 209 Å². The average molecular weight is 486 g/mol.